The molecule has 2 aromatic carbocycles. The van der Waals surface area contributed by atoms with E-state index in [1.54, 1.807) is 17.0 Å². The van der Waals surface area contributed by atoms with Gasteiger partial charge in [0, 0.05) is 12.6 Å². The molecule has 0 spiro atoms. The van der Waals surface area contributed by atoms with Crippen molar-refractivity contribution in [1.29, 1.82) is 0 Å². The van der Waals surface area contributed by atoms with Crippen LogP contribution in [0.15, 0.2) is 42.5 Å². The van der Waals surface area contributed by atoms with Gasteiger partial charge in [0.05, 0.1) is 16.5 Å². The van der Waals surface area contributed by atoms with Crippen molar-refractivity contribution in [2.24, 2.45) is 0 Å². The Hall–Kier alpha value is -2.04. The highest BCUT2D eigenvalue weighted by atomic mass is 35.5. The monoisotopic (exact) mass is 448 g/mol. The smallest absolute Gasteiger partial charge is 0.243 e. The Morgan fingerprint density at radius 1 is 0.967 bits per heavy atom. The topological polar surface area (TPSA) is 49.4 Å². The van der Waals surface area contributed by atoms with Crippen LogP contribution in [-0.2, 0) is 22.6 Å². The van der Waals surface area contributed by atoms with Crippen molar-refractivity contribution in [1.82, 2.24) is 10.2 Å². The predicted molar refractivity (Wildman–Crippen MR) is 124 cm³/mol. The molecule has 1 N–H and O–H groups in total. The van der Waals surface area contributed by atoms with Crippen molar-refractivity contribution in [2.75, 3.05) is 0 Å². The lowest BCUT2D eigenvalue weighted by Gasteiger charge is -2.31. The maximum Gasteiger partial charge on any atom is 0.243 e. The van der Waals surface area contributed by atoms with Gasteiger partial charge in [0.1, 0.15) is 6.04 Å². The van der Waals surface area contributed by atoms with Gasteiger partial charge in [-0.1, -0.05) is 72.9 Å². The van der Waals surface area contributed by atoms with Gasteiger partial charge in [0.25, 0.3) is 0 Å². The maximum atomic E-state index is 13.3. The van der Waals surface area contributed by atoms with Gasteiger partial charge < -0.3 is 10.2 Å². The minimum absolute atomic E-state index is 0.0468. The highest BCUT2D eigenvalue weighted by Gasteiger charge is 2.29. The van der Waals surface area contributed by atoms with Crippen molar-refractivity contribution < 1.29 is 9.59 Å². The molecule has 0 bridgehead atoms. The average Bonchev–Trinajstić information content (AvgIpc) is 2.72. The summed E-state index contributed by atoms with van der Waals surface area (Å²) >= 11 is 12.2. The van der Waals surface area contributed by atoms with Crippen LogP contribution < -0.4 is 5.32 Å². The summed E-state index contributed by atoms with van der Waals surface area (Å²) in [5.41, 5.74) is 2.89. The van der Waals surface area contributed by atoms with Crippen LogP contribution in [0.1, 0.15) is 50.3 Å². The molecule has 2 aromatic rings. The highest BCUT2D eigenvalue weighted by Crippen LogP contribution is 2.24. The molecule has 2 atom stereocenters. The van der Waals surface area contributed by atoms with Crippen molar-refractivity contribution in [3.8, 4) is 0 Å². The number of carbonyl (C=O) groups excluding carboxylic acids is 2. The average molecular weight is 449 g/mol. The molecule has 0 saturated carbocycles. The third-order valence-electron chi connectivity index (χ3n) is 5.20. The normalized spacial score (nSPS) is 12.9. The second-order valence-electron chi connectivity index (χ2n) is 7.67. The van der Waals surface area contributed by atoms with Crippen LogP contribution in [0.25, 0.3) is 0 Å². The molecule has 0 aromatic heterocycles. The van der Waals surface area contributed by atoms with E-state index in [1.165, 1.54) is 0 Å². The molecule has 2 rings (SSSR count). The lowest BCUT2D eigenvalue weighted by molar-refractivity contribution is -0.141. The fourth-order valence-electron chi connectivity index (χ4n) is 3.18. The molecule has 0 aliphatic carbocycles. The van der Waals surface area contributed by atoms with E-state index in [0.717, 1.165) is 23.1 Å². The number of aryl methyl sites for hydroxylation is 1. The Kier molecular flexibility index (Phi) is 9.19. The molecule has 162 valence electrons. The molecule has 2 unspecified atom stereocenters. The Balaban J connectivity index is 2.31. The molecule has 0 saturated heterocycles. The third kappa shape index (κ3) is 6.75. The van der Waals surface area contributed by atoms with E-state index in [2.05, 4.69) is 5.32 Å². The first-order valence-electron chi connectivity index (χ1n) is 10.3. The fourth-order valence-corrected chi connectivity index (χ4v) is 3.50. The van der Waals surface area contributed by atoms with Crippen LogP contribution in [0.5, 0.6) is 0 Å². The van der Waals surface area contributed by atoms with Crippen LogP contribution in [-0.4, -0.2) is 28.8 Å². The summed E-state index contributed by atoms with van der Waals surface area (Å²) in [5, 5.41) is 3.90. The number of nitrogens with one attached hydrogen (secondary N) is 1. The van der Waals surface area contributed by atoms with Crippen LogP contribution in [0.2, 0.25) is 10.0 Å². The second-order valence-corrected chi connectivity index (χ2v) is 8.49. The number of rotatable bonds is 9. The van der Waals surface area contributed by atoms with Crippen LogP contribution in [0.3, 0.4) is 0 Å². The van der Waals surface area contributed by atoms with E-state index < -0.39 is 6.04 Å². The Bertz CT molecular complexity index is 868. The van der Waals surface area contributed by atoms with Gasteiger partial charge in [0.15, 0.2) is 0 Å². The molecule has 6 heteroatoms. The molecule has 4 nitrogen and oxygen atoms in total. The first kappa shape index (κ1) is 24.2. The molecule has 0 heterocycles. The zero-order valence-electron chi connectivity index (χ0n) is 18.0. The first-order valence-corrected chi connectivity index (χ1v) is 11.1. The number of halogens is 2. The minimum Gasteiger partial charge on any atom is -0.352 e. The van der Waals surface area contributed by atoms with Crippen molar-refractivity contribution in [2.45, 2.75) is 65.6 Å². The Morgan fingerprint density at radius 3 is 2.17 bits per heavy atom. The van der Waals surface area contributed by atoms with Gasteiger partial charge in [-0.15, -0.1) is 0 Å². The molecule has 0 aliphatic rings. The summed E-state index contributed by atoms with van der Waals surface area (Å²) < 4.78 is 0. The van der Waals surface area contributed by atoms with Crippen molar-refractivity contribution in [3.05, 3.63) is 69.2 Å². The summed E-state index contributed by atoms with van der Waals surface area (Å²) in [6.45, 7) is 8.19. The fraction of sp³-hybridized carbons (Fsp3) is 0.417. The van der Waals surface area contributed by atoms with Crippen LogP contribution >= 0.6 is 23.2 Å². The number of amides is 2. The molecular formula is C24H30Cl2N2O2. The van der Waals surface area contributed by atoms with Crippen molar-refractivity contribution in [3.63, 3.8) is 0 Å². The number of carbonyl (C=O) groups is 2. The zero-order valence-corrected chi connectivity index (χ0v) is 19.6. The van der Waals surface area contributed by atoms with E-state index in [-0.39, 0.29) is 30.8 Å². The van der Waals surface area contributed by atoms with Gasteiger partial charge in [-0.25, -0.2) is 0 Å². The quantitative estimate of drug-likeness (QED) is 0.545. The summed E-state index contributed by atoms with van der Waals surface area (Å²) in [5.74, 6) is -0.236. The number of hydrogen-bond donors (Lipinski definition) is 1. The van der Waals surface area contributed by atoms with Gasteiger partial charge in [0.2, 0.25) is 11.8 Å². The van der Waals surface area contributed by atoms with Crippen molar-refractivity contribution >= 4 is 35.0 Å². The Labute approximate surface area is 189 Å². The van der Waals surface area contributed by atoms with Crippen LogP contribution in [0, 0.1) is 6.92 Å². The number of hydrogen-bond acceptors (Lipinski definition) is 2. The van der Waals surface area contributed by atoms with E-state index >= 15 is 0 Å². The number of benzene rings is 2. The second kappa shape index (κ2) is 11.4. The first-order chi connectivity index (χ1) is 14.2. The molecule has 2 amide bonds. The maximum absolute atomic E-state index is 13.3. The van der Waals surface area contributed by atoms with Gasteiger partial charge in [-0.05, 0) is 49.9 Å². The molecule has 0 radical (unpaired) electrons. The Morgan fingerprint density at radius 2 is 1.60 bits per heavy atom. The minimum atomic E-state index is -0.564. The largest absolute Gasteiger partial charge is 0.352 e. The highest BCUT2D eigenvalue weighted by molar-refractivity contribution is 6.42. The summed E-state index contributed by atoms with van der Waals surface area (Å²) in [6, 6.07) is 12.6. The lowest BCUT2D eigenvalue weighted by Crippen LogP contribution is -2.51. The summed E-state index contributed by atoms with van der Waals surface area (Å²) in [4.78, 5) is 27.9. The lowest BCUT2D eigenvalue weighted by atomic mass is 10.1. The van der Waals surface area contributed by atoms with E-state index in [9.17, 15) is 9.59 Å². The summed E-state index contributed by atoms with van der Waals surface area (Å²) in [7, 11) is 0. The van der Waals surface area contributed by atoms with E-state index in [1.807, 2.05) is 58.0 Å². The standard InChI is InChI=1S/C24H30Cl2N2O2/c1-5-17(4)27-24(30)22(6-2)28(15-19-11-12-20(25)21(26)13-19)23(29)14-18-9-7-16(3)8-10-18/h7-13,17,22H,5-6,14-15H2,1-4H3,(H,27,30). The molecule has 0 fully saturated rings. The number of nitrogens with zero attached hydrogens (tertiary/aromatic N) is 1. The molecular weight excluding hydrogens is 419 g/mol. The zero-order chi connectivity index (χ0) is 22.3. The molecule has 0 aliphatic heterocycles. The van der Waals surface area contributed by atoms with E-state index in [4.69, 9.17) is 23.2 Å². The van der Waals surface area contributed by atoms with Gasteiger partial charge >= 0.3 is 0 Å². The molecule has 30 heavy (non-hydrogen) atoms. The van der Waals surface area contributed by atoms with Gasteiger partial charge in [-0.2, -0.15) is 0 Å². The van der Waals surface area contributed by atoms with E-state index in [0.29, 0.717) is 16.5 Å². The SMILES string of the molecule is CCC(C)NC(=O)C(CC)N(Cc1ccc(Cl)c(Cl)c1)C(=O)Cc1ccc(C)cc1. The van der Waals surface area contributed by atoms with Gasteiger partial charge in [-0.3, -0.25) is 9.59 Å². The summed E-state index contributed by atoms with van der Waals surface area (Å²) in [6.07, 6.45) is 1.57. The predicted octanol–water partition coefficient (Wildman–Crippen LogP) is 5.57. The van der Waals surface area contributed by atoms with Crippen LogP contribution in [0.4, 0.5) is 0 Å². The third-order valence-corrected chi connectivity index (χ3v) is 5.94.